The highest BCUT2D eigenvalue weighted by Gasteiger charge is 2.11. The van der Waals surface area contributed by atoms with Crippen LogP contribution in [0.5, 0.6) is 5.75 Å². The van der Waals surface area contributed by atoms with Crippen LogP contribution >= 0.6 is 0 Å². The summed E-state index contributed by atoms with van der Waals surface area (Å²) in [5.74, 6) is -1.01. The van der Waals surface area contributed by atoms with E-state index in [1.807, 2.05) is 71.4 Å². The maximum absolute atomic E-state index is 11.2. The van der Waals surface area contributed by atoms with Crippen LogP contribution < -0.4 is 4.74 Å². The number of hydrogen-bond acceptors (Lipinski definition) is 3. The molecule has 2 N–H and O–H groups in total. The van der Waals surface area contributed by atoms with E-state index >= 15 is 0 Å². The Morgan fingerprint density at radius 2 is 1.59 bits per heavy atom. The predicted octanol–water partition coefficient (Wildman–Crippen LogP) is 7.18. The van der Waals surface area contributed by atoms with E-state index in [4.69, 9.17) is 14.9 Å². The summed E-state index contributed by atoms with van der Waals surface area (Å²) < 4.78 is 7.90. The van der Waals surface area contributed by atoms with Gasteiger partial charge in [-0.1, -0.05) is 66.7 Å². The maximum atomic E-state index is 11.2. The molecule has 0 atom stereocenters. The van der Waals surface area contributed by atoms with Crippen molar-refractivity contribution < 1.29 is 24.5 Å². The van der Waals surface area contributed by atoms with Crippen LogP contribution in [0.3, 0.4) is 0 Å². The number of aryl methyl sites for hydroxylation is 2. The molecule has 4 rings (SSSR count). The summed E-state index contributed by atoms with van der Waals surface area (Å²) >= 11 is 0. The summed E-state index contributed by atoms with van der Waals surface area (Å²) in [6, 6.07) is 24.4. The Labute approximate surface area is 228 Å². The summed E-state index contributed by atoms with van der Waals surface area (Å²) in [7, 11) is 0. The van der Waals surface area contributed by atoms with Gasteiger partial charge in [-0.3, -0.25) is 4.79 Å². The Balaban J connectivity index is 1.42. The van der Waals surface area contributed by atoms with Crippen molar-refractivity contribution in [1.29, 1.82) is 0 Å². The fourth-order valence-corrected chi connectivity index (χ4v) is 4.55. The Morgan fingerprint density at radius 1 is 0.795 bits per heavy atom. The first-order valence-corrected chi connectivity index (χ1v) is 13.2. The number of ether oxygens (including phenoxy) is 1. The van der Waals surface area contributed by atoms with Gasteiger partial charge in [0, 0.05) is 41.7 Å². The summed E-state index contributed by atoms with van der Waals surface area (Å²) in [5, 5.41) is 19.1. The van der Waals surface area contributed by atoms with Gasteiger partial charge in [-0.2, -0.15) is 0 Å². The van der Waals surface area contributed by atoms with Gasteiger partial charge in [0.15, 0.2) is 0 Å². The van der Waals surface area contributed by atoms with Gasteiger partial charge in [-0.15, -0.1) is 0 Å². The number of rotatable bonds is 14. The molecule has 0 saturated heterocycles. The minimum Gasteiger partial charge on any atom is -0.494 e. The molecule has 0 amide bonds. The molecule has 1 heterocycles. The molecule has 39 heavy (non-hydrogen) atoms. The molecule has 0 fully saturated rings. The number of fused-ring (bicyclic) bond motifs is 1. The number of carboxylic acids is 2. The molecular formula is C33H33NO5. The molecule has 6 nitrogen and oxygen atoms in total. The second kappa shape index (κ2) is 13.8. The van der Waals surface area contributed by atoms with Crippen molar-refractivity contribution in [3.63, 3.8) is 0 Å². The zero-order valence-electron chi connectivity index (χ0n) is 21.8. The Morgan fingerprint density at radius 3 is 2.33 bits per heavy atom. The third kappa shape index (κ3) is 8.20. The molecule has 0 saturated carbocycles. The van der Waals surface area contributed by atoms with Gasteiger partial charge in [0.2, 0.25) is 0 Å². The fraction of sp³-hybridized carbons (Fsp3) is 0.212. The lowest BCUT2D eigenvalue weighted by atomic mass is 10.0. The molecular weight excluding hydrogens is 490 g/mol. The van der Waals surface area contributed by atoms with E-state index in [0.29, 0.717) is 19.6 Å². The van der Waals surface area contributed by atoms with E-state index in [1.165, 1.54) is 5.56 Å². The molecule has 0 unspecified atom stereocenters. The van der Waals surface area contributed by atoms with Crippen molar-refractivity contribution in [3.8, 4) is 5.75 Å². The van der Waals surface area contributed by atoms with Crippen LogP contribution in [0.25, 0.3) is 29.1 Å². The third-order valence-corrected chi connectivity index (χ3v) is 6.47. The number of benzene rings is 3. The molecule has 200 valence electrons. The maximum Gasteiger partial charge on any atom is 0.328 e. The first-order valence-electron chi connectivity index (χ1n) is 13.2. The van der Waals surface area contributed by atoms with Crippen LogP contribution in [-0.2, 0) is 22.6 Å². The minimum absolute atomic E-state index is 0.0764. The topological polar surface area (TPSA) is 88.8 Å². The number of aliphatic carboxylic acids is 2. The molecule has 0 bridgehead atoms. The molecule has 0 aliphatic carbocycles. The molecule has 3 aromatic carbocycles. The van der Waals surface area contributed by atoms with Gasteiger partial charge < -0.3 is 19.5 Å². The number of aromatic nitrogens is 1. The number of nitrogens with zero attached hydrogens (tertiary/aromatic N) is 1. The van der Waals surface area contributed by atoms with Crippen molar-refractivity contribution in [2.45, 2.75) is 38.6 Å². The van der Waals surface area contributed by atoms with Gasteiger partial charge >= 0.3 is 11.9 Å². The second-order valence-corrected chi connectivity index (χ2v) is 9.38. The van der Waals surface area contributed by atoms with Crippen molar-refractivity contribution in [3.05, 3.63) is 107 Å². The highest BCUT2D eigenvalue weighted by Crippen LogP contribution is 2.29. The monoisotopic (exact) mass is 523 g/mol. The SMILES string of the molecule is O=C(O)C=Cc1cn(CCCC(=O)O)c2cccc(C=Cc3ccc(OCCCCc4ccccc4)cc3)c12. The van der Waals surface area contributed by atoms with Crippen LogP contribution in [0.2, 0.25) is 0 Å². The molecule has 6 heteroatoms. The van der Waals surface area contributed by atoms with Crippen LogP contribution in [0, 0.1) is 0 Å². The van der Waals surface area contributed by atoms with Crippen LogP contribution in [0.1, 0.15) is 47.9 Å². The molecule has 0 aliphatic rings. The van der Waals surface area contributed by atoms with E-state index in [9.17, 15) is 9.59 Å². The molecule has 0 spiro atoms. The second-order valence-electron chi connectivity index (χ2n) is 9.38. The van der Waals surface area contributed by atoms with Gasteiger partial charge in [0.1, 0.15) is 5.75 Å². The molecule has 0 radical (unpaired) electrons. The van der Waals surface area contributed by atoms with E-state index in [-0.39, 0.29) is 6.42 Å². The average Bonchev–Trinajstić information content (AvgIpc) is 3.30. The minimum atomic E-state index is -1.02. The first-order chi connectivity index (χ1) is 19.0. The van der Waals surface area contributed by atoms with Crippen LogP contribution in [0.15, 0.2) is 85.1 Å². The Hall–Kier alpha value is -4.58. The molecule has 0 aliphatic heterocycles. The third-order valence-electron chi connectivity index (χ3n) is 6.47. The zero-order chi connectivity index (χ0) is 27.5. The zero-order valence-corrected chi connectivity index (χ0v) is 21.8. The van der Waals surface area contributed by atoms with E-state index in [2.05, 4.69) is 24.3 Å². The molecule has 4 aromatic rings. The lowest BCUT2D eigenvalue weighted by Crippen LogP contribution is -2.00. The van der Waals surface area contributed by atoms with E-state index < -0.39 is 11.9 Å². The Kier molecular flexibility index (Phi) is 9.73. The van der Waals surface area contributed by atoms with Crippen LogP contribution in [0.4, 0.5) is 0 Å². The van der Waals surface area contributed by atoms with Gasteiger partial charge in [-0.25, -0.2) is 4.79 Å². The lowest BCUT2D eigenvalue weighted by Gasteiger charge is -2.07. The van der Waals surface area contributed by atoms with E-state index in [1.54, 1.807) is 6.08 Å². The molecule has 1 aromatic heterocycles. The first kappa shape index (κ1) is 27.5. The predicted molar refractivity (Wildman–Crippen MR) is 156 cm³/mol. The standard InChI is InChI=1S/C33H33NO5/c35-31(36)13-7-22-34-24-28(18-21-32(37)38)33-27(11-6-12-30(33)34)17-14-26-15-19-29(20-16-26)39-23-5-4-10-25-8-2-1-3-9-25/h1-3,6,8-9,11-12,14-21,24H,4-5,7,10,13,22-23H2,(H,35,36)(H,37,38). The van der Waals surface area contributed by atoms with Crippen molar-refractivity contribution in [1.82, 2.24) is 4.57 Å². The summed E-state index contributed by atoms with van der Waals surface area (Å²) in [6.45, 7) is 1.21. The van der Waals surface area contributed by atoms with Crippen molar-refractivity contribution in [2.24, 2.45) is 0 Å². The quantitative estimate of drug-likeness (QED) is 0.104. The Bertz CT molecular complexity index is 1450. The highest BCUT2D eigenvalue weighted by molar-refractivity contribution is 5.99. The smallest absolute Gasteiger partial charge is 0.328 e. The summed E-state index contributed by atoms with van der Waals surface area (Å²) in [6.07, 6.45) is 12.3. The van der Waals surface area contributed by atoms with Crippen LogP contribution in [-0.4, -0.2) is 33.3 Å². The number of carboxylic acid groups (broad SMARTS) is 2. The van der Waals surface area contributed by atoms with Gasteiger partial charge in [0.05, 0.1) is 6.61 Å². The summed E-state index contributed by atoms with van der Waals surface area (Å²) in [5.41, 5.74) is 5.03. The lowest BCUT2D eigenvalue weighted by molar-refractivity contribution is -0.137. The number of carbonyl (C=O) groups is 2. The highest BCUT2D eigenvalue weighted by atomic mass is 16.5. The average molecular weight is 524 g/mol. The van der Waals surface area contributed by atoms with E-state index in [0.717, 1.165) is 58.7 Å². The normalized spacial score (nSPS) is 11.5. The van der Waals surface area contributed by atoms with Gasteiger partial charge in [-0.05, 0) is 66.6 Å². The van der Waals surface area contributed by atoms with Crippen molar-refractivity contribution >= 4 is 41.1 Å². The fourth-order valence-electron chi connectivity index (χ4n) is 4.55. The number of hydrogen-bond donors (Lipinski definition) is 2. The largest absolute Gasteiger partial charge is 0.494 e. The van der Waals surface area contributed by atoms with Crippen molar-refractivity contribution in [2.75, 3.05) is 6.61 Å². The summed E-state index contributed by atoms with van der Waals surface area (Å²) in [4.78, 5) is 22.1. The number of unbranched alkanes of at least 4 members (excludes halogenated alkanes) is 1. The van der Waals surface area contributed by atoms with Gasteiger partial charge in [0.25, 0.3) is 0 Å².